The van der Waals surface area contributed by atoms with Gasteiger partial charge >= 0.3 is 0 Å². The number of anilines is 1. The van der Waals surface area contributed by atoms with Crippen LogP contribution < -0.4 is 10.2 Å². The molecule has 1 N–H and O–H groups in total. The van der Waals surface area contributed by atoms with Crippen LogP contribution in [0.1, 0.15) is 39.5 Å². The molecule has 0 spiro atoms. The maximum Gasteiger partial charge on any atom is 0.266 e. The Morgan fingerprint density at radius 2 is 2.00 bits per heavy atom. The van der Waals surface area contributed by atoms with Crippen molar-refractivity contribution in [1.29, 1.82) is 0 Å². The Kier molecular flexibility index (Phi) is 3.90. The number of hydrogen-bond acceptors (Lipinski definition) is 5. The fraction of sp³-hybridized carbons (Fsp3) is 0.846. The average molecular weight is 252 g/mol. The predicted molar refractivity (Wildman–Crippen MR) is 71.8 cm³/mol. The zero-order chi connectivity index (χ0) is 13.2. The van der Waals surface area contributed by atoms with E-state index in [9.17, 15) is 0 Å². The molecule has 0 saturated carbocycles. The minimum Gasteiger partial charge on any atom is -0.338 e. The first-order valence-corrected chi connectivity index (χ1v) is 6.75. The molecule has 0 amide bonds. The van der Waals surface area contributed by atoms with E-state index in [1.165, 1.54) is 12.8 Å². The third-order valence-electron chi connectivity index (χ3n) is 3.62. The van der Waals surface area contributed by atoms with Crippen LogP contribution in [0.25, 0.3) is 0 Å². The summed E-state index contributed by atoms with van der Waals surface area (Å²) in [6, 6.07) is 0.337. The van der Waals surface area contributed by atoms with Crippen molar-refractivity contribution in [2.45, 2.75) is 46.1 Å². The van der Waals surface area contributed by atoms with Gasteiger partial charge < -0.3 is 14.7 Å². The van der Waals surface area contributed by atoms with Gasteiger partial charge in [-0.3, -0.25) is 0 Å². The molecule has 1 aromatic heterocycles. The van der Waals surface area contributed by atoms with Crippen molar-refractivity contribution >= 4 is 5.95 Å². The maximum atomic E-state index is 5.36. The molecule has 0 radical (unpaired) electrons. The largest absolute Gasteiger partial charge is 0.338 e. The third kappa shape index (κ3) is 3.02. The first-order chi connectivity index (χ1) is 8.50. The zero-order valence-corrected chi connectivity index (χ0v) is 11.9. The van der Waals surface area contributed by atoms with Gasteiger partial charge in [-0.15, -0.1) is 0 Å². The van der Waals surface area contributed by atoms with E-state index in [0.717, 1.165) is 31.3 Å². The standard InChI is InChI=1S/C13H24N4O/c1-13(2,3)10(14-4)9-11-15-12(16-18-11)17-7-5-6-8-17/h10,14H,5-9H2,1-4H3. The molecule has 1 fully saturated rings. The van der Waals surface area contributed by atoms with Crippen molar-refractivity contribution in [2.75, 3.05) is 25.0 Å². The molecule has 102 valence electrons. The number of aromatic nitrogens is 2. The first-order valence-electron chi connectivity index (χ1n) is 6.75. The maximum absolute atomic E-state index is 5.36. The summed E-state index contributed by atoms with van der Waals surface area (Å²) >= 11 is 0. The summed E-state index contributed by atoms with van der Waals surface area (Å²) in [7, 11) is 1.98. The van der Waals surface area contributed by atoms with Gasteiger partial charge in [-0.05, 0) is 30.5 Å². The van der Waals surface area contributed by atoms with Crippen LogP contribution in [0.3, 0.4) is 0 Å². The lowest BCUT2D eigenvalue weighted by Gasteiger charge is -2.29. The van der Waals surface area contributed by atoms with Gasteiger partial charge in [0.1, 0.15) is 0 Å². The van der Waals surface area contributed by atoms with E-state index < -0.39 is 0 Å². The van der Waals surface area contributed by atoms with Crippen LogP contribution in [-0.2, 0) is 6.42 Å². The number of hydrogen-bond donors (Lipinski definition) is 1. The minimum absolute atomic E-state index is 0.178. The van der Waals surface area contributed by atoms with Crippen molar-refractivity contribution < 1.29 is 4.52 Å². The van der Waals surface area contributed by atoms with E-state index in [0.29, 0.717) is 6.04 Å². The van der Waals surface area contributed by atoms with Gasteiger partial charge in [0, 0.05) is 25.6 Å². The van der Waals surface area contributed by atoms with Crippen LogP contribution in [0.4, 0.5) is 5.95 Å². The van der Waals surface area contributed by atoms with Crippen LogP contribution in [0.5, 0.6) is 0 Å². The van der Waals surface area contributed by atoms with Gasteiger partial charge in [-0.1, -0.05) is 20.8 Å². The second-order valence-corrected chi connectivity index (χ2v) is 6.09. The van der Waals surface area contributed by atoms with Crippen LogP contribution in [0, 0.1) is 5.41 Å². The van der Waals surface area contributed by atoms with Crippen molar-refractivity contribution in [1.82, 2.24) is 15.5 Å². The molecule has 2 heterocycles. The van der Waals surface area contributed by atoms with E-state index in [1.54, 1.807) is 0 Å². The smallest absolute Gasteiger partial charge is 0.266 e. The summed E-state index contributed by atoms with van der Waals surface area (Å²) in [4.78, 5) is 6.69. The quantitative estimate of drug-likeness (QED) is 0.886. The Morgan fingerprint density at radius 3 is 2.56 bits per heavy atom. The van der Waals surface area contributed by atoms with E-state index in [4.69, 9.17) is 4.52 Å². The minimum atomic E-state index is 0.178. The average Bonchev–Trinajstić information content (AvgIpc) is 2.94. The van der Waals surface area contributed by atoms with Crippen LogP contribution in [-0.4, -0.2) is 36.3 Å². The molecule has 1 unspecified atom stereocenters. The molecular formula is C13H24N4O. The fourth-order valence-electron chi connectivity index (χ4n) is 2.39. The molecule has 1 aliphatic heterocycles. The highest BCUT2D eigenvalue weighted by Crippen LogP contribution is 2.23. The molecular weight excluding hydrogens is 228 g/mol. The molecule has 1 aromatic rings. The van der Waals surface area contributed by atoms with Crippen molar-refractivity contribution in [3.63, 3.8) is 0 Å². The van der Waals surface area contributed by atoms with Gasteiger partial charge in [-0.25, -0.2) is 0 Å². The molecule has 1 atom stereocenters. The molecule has 1 aliphatic rings. The first kappa shape index (κ1) is 13.3. The Morgan fingerprint density at radius 1 is 1.33 bits per heavy atom. The lowest BCUT2D eigenvalue weighted by molar-refractivity contribution is 0.255. The summed E-state index contributed by atoms with van der Waals surface area (Å²) in [5.41, 5.74) is 0.178. The zero-order valence-electron chi connectivity index (χ0n) is 11.9. The molecule has 0 aromatic carbocycles. The van der Waals surface area contributed by atoms with Gasteiger partial charge in [0.2, 0.25) is 5.89 Å². The summed E-state index contributed by atoms with van der Waals surface area (Å²) in [6.07, 6.45) is 3.23. The lowest BCUT2D eigenvalue weighted by Crippen LogP contribution is -2.39. The summed E-state index contributed by atoms with van der Waals surface area (Å²) in [5, 5.41) is 7.41. The second kappa shape index (κ2) is 5.26. The topological polar surface area (TPSA) is 54.2 Å². The summed E-state index contributed by atoms with van der Waals surface area (Å²) in [5.74, 6) is 1.48. The highest BCUT2D eigenvalue weighted by Gasteiger charge is 2.26. The Balaban J connectivity index is 2.01. The van der Waals surface area contributed by atoms with E-state index in [2.05, 4.69) is 41.1 Å². The van der Waals surface area contributed by atoms with Gasteiger partial charge in [-0.2, -0.15) is 4.98 Å². The summed E-state index contributed by atoms with van der Waals surface area (Å²) < 4.78 is 5.36. The van der Waals surface area contributed by atoms with E-state index in [1.807, 2.05) is 7.05 Å². The Bertz CT molecular complexity index is 377. The number of likely N-dealkylation sites (N-methyl/N-ethyl adjacent to an activating group) is 1. The number of rotatable bonds is 4. The van der Waals surface area contributed by atoms with E-state index >= 15 is 0 Å². The highest BCUT2D eigenvalue weighted by atomic mass is 16.5. The Hall–Kier alpha value is -1.10. The monoisotopic (exact) mass is 252 g/mol. The molecule has 5 nitrogen and oxygen atoms in total. The van der Waals surface area contributed by atoms with Crippen LogP contribution in [0.15, 0.2) is 4.52 Å². The highest BCUT2D eigenvalue weighted by molar-refractivity contribution is 5.28. The fourth-order valence-corrected chi connectivity index (χ4v) is 2.39. The second-order valence-electron chi connectivity index (χ2n) is 6.09. The van der Waals surface area contributed by atoms with Crippen LogP contribution in [0.2, 0.25) is 0 Å². The number of nitrogens with zero attached hydrogens (tertiary/aromatic N) is 3. The molecule has 2 rings (SSSR count). The molecule has 1 saturated heterocycles. The number of nitrogens with one attached hydrogen (secondary N) is 1. The lowest BCUT2D eigenvalue weighted by atomic mass is 9.85. The van der Waals surface area contributed by atoms with Crippen LogP contribution >= 0.6 is 0 Å². The molecule has 0 bridgehead atoms. The summed E-state index contributed by atoms with van der Waals surface area (Å²) in [6.45, 7) is 8.74. The molecule has 18 heavy (non-hydrogen) atoms. The third-order valence-corrected chi connectivity index (χ3v) is 3.62. The Labute approximate surface area is 109 Å². The van der Waals surface area contributed by atoms with Crippen molar-refractivity contribution in [2.24, 2.45) is 5.41 Å². The molecule has 0 aliphatic carbocycles. The van der Waals surface area contributed by atoms with Gasteiger partial charge in [0.25, 0.3) is 5.95 Å². The molecule has 5 heteroatoms. The SMILES string of the molecule is CNC(Cc1nc(N2CCCC2)no1)C(C)(C)C. The normalized spacial score (nSPS) is 18.3. The van der Waals surface area contributed by atoms with Gasteiger partial charge in [0.15, 0.2) is 0 Å². The van der Waals surface area contributed by atoms with Gasteiger partial charge in [0.05, 0.1) is 0 Å². The van der Waals surface area contributed by atoms with E-state index in [-0.39, 0.29) is 5.41 Å². The van der Waals surface area contributed by atoms with Crippen molar-refractivity contribution in [3.05, 3.63) is 5.89 Å². The van der Waals surface area contributed by atoms with Crippen molar-refractivity contribution in [3.8, 4) is 0 Å². The predicted octanol–water partition coefficient (Wildman–Crippen LogP) is 1.85.